The van der Waals surface area contributed by atoms with E-state index in [2.05, 4.69) is 19.9 Å². The number of rotatable bonds is 4. The summed E-state index contributed by atoms with van der Waals surface area (Å²) in [5, 5.41) is 0. The van der Waals surface area contributed by atoms with Gasteiger partial charge in [0.15, 0.2) is 0 Å². The fourth-order valence-electron chi connectivity index (χ4n) is 3.93. The van der Waals surface area contributed by atoms with Crippen molar-refractivity contribution in [3.63, 3.8) is 0 Å². The molecular weight excluding hydrogens is 322 g/mol. The molecule has 4 rings (SSSR count). The average Bonchev–Trinajstić information content (AvgIpc) is 3.38. The van der Waals surface area contributed by atoms with Gasteiger partial charge in [-0.2, -0.15) is 0 Å². The number of hydrogen-bond donors (Lipinski definition) is 0. The van der Waals surface area contributed by atoms with E-state index in [4.69, 9.17) is 0 Å². The molecule has 0 bridgehead atoms. The van der Waals surface area contributed by atoms with Crippen molar-refractivity contribution < 1.29 is 4.79 Å². The number of likely N-dealkylation sites (tertiary alicyclic amines) is 2. The van der Waals surface area contributed by atoms with Gasteiger partial charge >= 0.3 is 0 Å². The Morgan fingerprint density at radius 1 is 1.12 bits per heavy atom. The van der Waals surface area contributed by atoms with Crippen molar-refractivity contribution in [2.24, 2.45) is 0 Å². The summed E-state index contributed by atoms with van der Waals surface area (Å²) in [5.41, 5.74) is 1.95. The highest BCUT2D eigenvalue weighted by atomic mass is 32.1. The molecule has 2 fully saturated rings. The van der Waals surface area contributed by atoms with Gasteiger partial charge in [-0.3, -0.25) is 24.6 Å². The summed E-state index contributed by atoms with van der Waals surface area (Å²) in [7, 11) is 0. The van der Waals surface area contributed by atoms with E-state index in [0.717, 1.165) is 57.6 Å². The summed E-state index contributed by atoms with van der Waals surface area (Å²) < 4.78 is 0. The summed E-state index contributed by atoms with van der Waals surface area (Å²) >= 11 is 1.64. The molecule has 0 N–H and O–H groups in total. The van der Waals surface area contributed by atoms with Crippen LogP contribution in [0.15, 0.2) is 30.3 Å². The summed E-state index contributed by atoms with van der Waals surface area (Å²) in [6, 6.07) is 0. The minimum absolute atomic E-state index is 0.197. The number of hydrogen-bond acceptors (Lipinski definition) is 6. The Morgan fingerprint density at radius 2 is 2.00 bits per heavy atom. The standard InChI is InChI=1S/C17H21N5OS/c23-16(21-7-1-2-8-21)17(15-11-18-5-6-20-15)4-3-9-22(17)12-14-10-19-13-24-14/h5-6,10-11,13H,1-4,7-9,12H2. The lowest BCUT2D eigenvalue weighted by atomic mass is 9.90. The molecule has 2 saturated heterocycles. The number of thiazole rings is 1. The van der Waals surface area contributed by atoms with Crippen LogP contribution >= 0.6 is 11.3 Å². The lowest BCUT2D eigenvalue weighted by molar-refractivity contribution is -0.143. The third kappa shape index (κ3) is 2.61. The first-order valence-electron chi connectivity index (χ1n) is 8.49. The molecule has 1 amide bonds. The van der Waals surface area contributed by atoms with Crippen LogP contribution in [0.1, 0.15) is 36.3 Å². The highest BCUT2D eigenvalue weighted by Gasteiger charge is 2.52. The molecule has 2 aromatic heterocycles. The molecule has 2 aromatic rings. The van der Waals surface area contributed by atoms with E-state index in [1.165, 1.54) is 4.88 Å². The Labute approximate surface area is 145 Å². The van der Waals surface area contributed by atoms with E-state index in [1.54, 1.807) is 29.9 Å². The van der Waals surface area contributed by atoms with Gasteiger partial charge in [0.25, 0.3) is 0 Å². The van der Waals surface area contributed by atoms with Crippen LogP contribution in [0.2, 0.25) is 0 Å². The lowest BCUT2D eigenvalue weighted by Gasteiger charge is -2.38. The Morgan fingerprint density at radius 3 is 2.71 bits per heavy atom. The van der Waals surface area contributed by atoms with Crippen LogP contribution in [-0.2, 0) is 16.9 Å². The fourth-order valence-corrected chi connectivity index (χ4v) is 4.54. The van der Waals surface area contributed by atoms with Crippen molar-refractivity contribution in [2.45, 2.75) is 37.8 Å². The fraction of sp³-hybridized carbons (Fsp3) is 0.529. The number of aromatic nitrogens is 3. The first-order chi connectivity index (χ1) is 11.8. The van der Waals surface area contributed by atoms with Crippen molar-refractivity contribution in [1.29, 1.82) is 0 Å². The second kappa shape index (κ2) is 6.57. The Bertz CT molecular complexity index is 686. The van der Waals surface area contributed by atoms with Crippen molar-refractivity contribution in [3.05, 3.63) is 40.9 Å². The third-order valence-electron chi connectivity index (χ3n) is 5.07. The Kier molecular flexibility index (Phi) is 4.28. The predicted octanol–water partition coefficient (Wildman–Crippen LogP) is 2.05. The molecule has 0 spiro atoms. The number of amides is 1. The maximum Gasteiger partial charge on any atom is 0.249 e. The van der Waals surface area contributed by atoms with Crippen LogP contribution in [0.4, 0.5) is 0 Å². The summed E-state index contributed by atoms with van der Waals surface area (Å²) in [6.45, 7) is 3.35. The highest BCUT2D eigenvalue weighted by Crippen LogP contribution is 2.41. The topological polar surface area (TPSA) is 62.2 Å². The molecule has 24 heavy (non-hydrogen) atoms. The molecule has 0 aliphatic carbocycles. The van der Waals surface area contributed by atoms with Gasteiger partial charge in [0, 0.05) is 49.6 Å². The zero-order chi connectivity index (χ0) is 16.4. The molecule has 0 aromatic carbocycles. The molecule has 6 nitrogen and oxygen atoms in total. The first kappa shape index (κ1) is 15.7. The summed E-state index contributed by atoms with van der Waals surface area (Å²) in [6.07, 6.45) is 11.0. The molecule has 1 unspecified atom stereocenters. The summed E-state index contributed by atoms with van der Waals surface area (Å²) in [5.74, 6) is 0.197. The average molecular weight is 343 g/mol. The normalized spacial score (nSPS) is 24.6. The van der Waals surface area contributed by atoms with Gasteiger partial charge in [0.2, 0.25) is 5.91 Å². The largest absolute Gasteiger partial charge is 0.341 e. The van der Waals surface area contributed by atoms with Crippen LogP contribution in [0.5, 0.6) is 0 Å². The van der Waals surface area contributed by atoms with E-state index in [9.17, 15) is 4.79 Å². The van der Waals surface area contributed by atoms with E-state index in [0.29, 0.717) is 0 Å². The maximum absolute atomic E-state index is 13.5. The smallest absolute Gasteiger partial charge is 0.249 e. The van der Waals surface area contributed by atoms with Gasteiger partial charge in [-0.05, 0) is 25.7 Å². The van der Waals surface area contributed by atoms with Gasteiger partial charge in [-0.15, -0.1) is 11.3 Å². The van der Waals surface area contributed by atoms with E-state index in [1.807, 2.05) is 16.6 Å². The molecule has 126 valence electrons. The first-order valence-corrected chi connectivity index (χ1v) is 9.37. The van der Waals surface area contributed by atoms with Crippen LogP contribution in [0.3, 0.4) is 0 Å². The predicted molar refractivity (Wildman–Crippen MR) is 91.3 cm³/mol. The van der Waals surface area contributed by atoms with Gasteiger partial charge < -0.3 is 4.90 Å². The van der Waals surface area contributed by atoms with Gasteiger partial charge in [0.1, 0.15) is 5.54 Å². The second-order valence-electron chi connectivity index (χ2n) is 6.44. The molecule has 2 aliphatic heterocycles. The van der Waals surface area contributed by atoms with Crippen LogP contribution in [0, 0.1) is 0 Å². The maximum atomic E-state index is 13.5. The minimum Gasteiger partial charge on any atom is -0.341 e. The van der Waals surface area contributed by atoms with Crippen molar-refractivity contribution >= 4 is 17.2 Å². The SMILES string of the molecule is O=C(N1CCCC1)C1(c2cnccn2)CCCN1Cc1cncs1. The molecule has 4 heterocycles. The quantitative estimate of drug-likeness (QED) is 0.850. The van der Waals surface area contributed by atoms with Gasteiger partial charge in [-0.25, -0.2) is 0 Å². The second-order valence-corrected chi connectivity index (χ2v) is 7.41. The molecule has 0 radical (unpaired) electrons. The zero-order valence-electron chi connectivity index (χ0n) is 13.6. The molecular formula is C17H21N5OS. The highest BCUT2D eigenvalue weighted by molar-refractivity contribution is 7.09. The number of nitrogens with zero attached hydrogens (tertiary/aromatic N) is 5. The van der Waals surface area contributed by atoms with Crippen molar-refractivity contribution in [1.82, 2.24) is 24.8 Å². The summed E-state index contributed by atoms with van der Waals surface area (Å²) in [4.78, 5) is 32.0. The van der Waals surface area contributed by atoms with Crippen LogP contribution in [-0.4, -0.2) is 50.3 Å². The number of carbonyl (C=O) groups excluding carboxylic acids is 1. The van der Waals surface area contributed by atoms with Crippen LogP contribution in [0.25, 0.3) is 0 Å². The van der Waals surface area contributed by atoms with E-state index in [-0.39, 0.29) is 5.91 Å². The Hall–Kier alpha value is -1.86. The van der Waals surface area contributed by atoms with Gasteiger partial charge in [-0.1, -0.05) is 0 Å². The molecule has 0 saturated carbocycles. The zero-order valence-corrected chi connectivity index (χ0v) is 14.4. The third-order valence-corrected chi connectivity index (χ3v) is 5.83. The monoisotopic (exact) mass is 343 g/mol. The molecule has 2 aliphatic rings. The lowest BCUT2D eigenvalue weighted by Crippen LogP contribution is -2.54. The van der Waals surface area contributed by atoms with Crippen LogP contribution < -0.4 is 0 Å². The van der Waals surface area contributed by atoms with E-state index >= 15 is 0 Å². The number of carbonyl (C=O) groups is 1. The molecule has 7 heteroatoms. The van der Waals surface area contributed by atoms with E-state index < -0.39 is 5.54 Å². The minimum atomic E-state index is -0.678. The molecule has 1 atom stereocenters. The van der Waals surface area contributed by atoms with Crippen molar-refractivity contribution in [2.75, 3.05) is 19.6 Å². The Balaban J connectivity index is 1.73. The van der Waals surface area contributed by atoms with Gasteiger partial charge in [0.05, 0.1) is 17.4 Å². The van der Waals surface area contributed by atoms with Crippen molar-refractivity contribution in [3.8, 4) is 0 Å².